The molecule has 5 N–H and O–H groups in total. The molecule has 0 aromatic heterocycles. The number of aliphatic hydroxyl groups is 4. The molecule has 0 rings (SSSR count). The molecule has 6 heteroatoms. The summed E-state index contributed by atoms with van der Waals surface area (Å²) in [6.07, 6.45) is 60.0. The first kappa shape index (κ1) is 61.0. The van der Waals surface area contributed by atoms with E-state index in [9.17, 15) is 25.2 Å². The van der Waals surface area contributed by atoms with E-state index in [2.05, 4.69) is 31.3 Å². The van der Waals surface area contributed by atoms with Gasteiger partial charge in [0.25, 0.3) is 0 Å². The fourth-order valence-corrected chi connectivity index (χ4v) is 9.05. The van der Waals surface area contributed by atoms with E-state index in [1.165, 1.54) is 231 Å². The summed E-state index contributed by atoms with van der Waals surface area (Å²) in [4.78, 5) is 12.6. The summed E-state index contributed by atoms with van der Waals surface area (Å²) < 4.78 is 0. The van der Waals surface area contributed by atoms with Crippen molar-refractivity contribution in [2.45, 2.75) is 334 Å². The fourth-order valence-electron chi connectivity index (χ4n) is 9.05. The van der Waals surface area contributed by atoms with Crippen LogP contribution in [0.5, 0.6) is 0 Å². The summed E-state index contributed by atoms with van der Waals surface area (Å²) in [6, 6.07) is -0.988. The number of carbonyl (C=O) groups excluding carboxylic acids is 1. The number of aliphatic hydroxyl groups excluding tert-OH is 4. The largest absolute Gasteiger partial charge is 0.394 e. The van der Waals surface area contributed by atoms with Gasteiger partial charge < -0.3 is 25.7 Å². The lowest BCUT2D eigenvalue weighted by molar-refractivity contribution is -0.132. The topological polar surface area (TPSA) is 110 Å². The molecule has 4 unspecified atom stereocenters. The minimum Gasteiger partial charge on any atom is -0.394 e. The van der Waals surface area contributed by atoms with Crippen molar-refractivity contribution < 1.29 is 25.2 Å². The van der Waals surface area contributed by atoms with Crippen molar-refractivity contribution in [2.75, 3.05) is 6.61 Å². The van der Waals surface area contributed by atoms with Crippen molar-refractivity contribution in [3.8, 4) is 0 Å². The standard InChI is InChI=1S/C56H111NO5/c1-3-5-7-9-11-13-15-17-19-21-22-23-24-25-26-27-28-29-30-31-32-34-35-37-39-41-43-45-47-49-53(59)55(61)52(51-58)57-56(62)54(60)50-48-46-44-42-40-38-36-33-20-18-16-14-12-10-8-6-4-2/h36,38,52-55,58-61H,3-35,37,39-51H2,1-2H3,(H,57,62)/b38-36-. The third-order valence-electron chi connectivity index (χ3n) is 13.5. The molecule has 0 heterocycles. The van der Waals surface area contributed by atoms with Gasteiger partial charge in [-0.1, -0.05) is 283 Å². The van der Waals surface area contributed by atoms with E-state index in [1.807, 2.05) is 0 Å². The molecule has 0 radical (unpaired) electrons. The zero-order chi connectivity index (χ0) is 45.2. The molecule has 0 saturated carbocycles. The van der Waals surface area contributed by atoms with Crippen LogP contribution in [0.25, 0.3) is 0 Å². The molecule has 0 aliphatic carbocycles. The maximum Gasteiger partial charge on any atom is 0.249 e. The normalized spacial score (nSPS) is 13.8. The van der Waals surface area contributed by atoms with Gasteiger partial charge in [0.2, 0.25) is 5.91 Å². The first-order valence-electron chi connectivity index (χ1n) is 28.1. The Balaban J connectivity index is 3.58. The van der Waals surface area contributed by atoms with Crippen LogP contribution < -0.4 is 5.32 Å². The van der Waals surface area contributed by atoms with E-state index in [4.69, 9.17) is 0 Å². The Bertz CT molecular complexity index is 898. The van der Waals surface area contributed by atoms with Gasteiger partial charge in [0.15, 0.2) is 0 Å². The van der Waals surface area contributed by atoms with Crippen LogP contribution in [0, 0.1) is 0 Å². The average Bonchev–Trinajstić information content (AvgIpc) is 3.28. The first-order chi connectivity index (χ1) is 30.5. The van der Waals surface area contributed by atoms with Gasteiger partial charge in [-0.15, -0.1) is 0 Å². The van der Waals surface area contributed by atoms with E-state index in [0.717, 1.165) is 51.4 Å². The molecule has 62 heavy (non-hydrogen) atoms. The van der Waals surface area contributed by atoms with Crippen LogP contribution in [0.15, 0.2) is 12.2 Å². The molecule has 0 fully saturated rings. The Kier molecular flexibility index (Phi) is 50.3. The van der Waals surface area contributed by atoms with Crippen molar-refractivity contribution in [2.24, 2.45) is 0 Å². The lowest BCUT2D eigenvalue weighted by Crippen LogP contribution is -2.53. The van der Waals surface area contributed by atoms with Crippen molar-refractivity contribution in [3.63, 3.8) is 0 Å². The highest BCUT2D eigenvalue weighted by atomic mass is 16.3. The minimum atomic E-state index is -1.26. The van der Waals surface area contributed by atoms with Crippen LogP contribution in [0.4, 0.5) is 0 Å². The molecule has 0 aliphatic heterocycles. The van der Waals surface area contributed by atoms with E-state index in [-0.39, 0.29) is 0 Å². The van der Waals surface area contributed by atoms with Crippen LogP contribution in [-0.2, 0) is 4.79 Å². The highest BCUT2D eigenvalue weighted by Crippen LogP contribution is 2.18. The quantitative estimate of drug-likeness (QED) is 0.0309. The SMILES string of the molecule is CCCCCCCCCCC/C=C\CCCCCCC(O)C(=O)NC(CO)C(O)C(O)CCCCCCCCCCCCCCCCCCCCCCCCCCCCCCC. The predicted molar refractivity (Wildman–Crippen MR) is 270 cm³/mol. The van der Waals surface area contributed by atoms with Gasteiger partial charge in [-0.25, -0.2) is 0 Å². The Morgan fingerprint density at radius 1 is 0.387 bits per heavy atom. The van der Waals surface area contributed by atoms with Gasteiger partial charge in [-0.3, -0.25) is 4.79 Å². The summed E-state index contributed by atoms with van der Waals surface area (Å²) in [7, 11) is 0. The maximum atomic E-state index is 12.6. The zero-order valence-corrected chi connectivity index (χ0v) is 41.9. The molecule has 370 valence electrons. The highest BCUT2D eigenvalue weighted by Gasteiger charge is 2.28. The molecule has 0 aliphatic rings. The summed E-state index contributed by atoms with van der Waals surface area (Å²) in [5.74, 6) is -0.588. The van der Waals surface area contributed by atoms with Crippen LogP contribution in [0.2, 0.25) is 0 Å². The number of amides is 1. The number of hydrogen-bond acceptors (Lipinski definition) is 5. The summed E-state index contributed by atoms with van der Waals surface area (Å²) in [5.41, 5.74) is 0. The number of hydrogen-bond donors (Lipinski definition) is 5. The number of allylic oxidation sites excluding steroid dienone is 2. The van der Waals surface area contributed by atoms with Crippen LogP contribution >= 0.6 is 0 Å². The Morgan fingerprint density at radius 2 is 0.645 bits per heavy atom. The summed E-state index contributed by atoms with van der Waals surface area (Å²) in [6.45, 7) is 4.08. The molecule has 0 aromatic rings. The van der Waals surface area contributed by atoms with Crippen molar-refractivity contribution in [1.82, 2.24) is 5.32 Å². The zero-order valence-electron chi connectivity index (χ0n) is 41.9. The second-order valence-corrected chi connectivity index (χ2v) is 19.6. The Labute approximate surface area is 387 Å². The molecule has 1 amide bonds. The van der Waals surface area contributed by atoms with Gasteiger partial charge in [-0.05, 0) is 38.5 Å². The molecular weight excluding hydrogens is 767 g/mol. The molecule has 6 nitrogen and oxygen atoms in total. The second-order valence-electron chi connectivity index (χ2n) is 19.6. The minimum absolute atomic E-state index is 0.358. The van der Waals surface area contributed by atoms with Gasteiger partial charge >= 0.3 is 0 Å². The van der Waals surface area contributed by atoms with E-state index in [1.54, 1.807) is 0 Å². The van der Waals surface area contributed by atoms with Crippen molar-refractivity contribution >= 4 is 5.91 Å². The summed E-state index contributed by atoms with van der Waals surface area (Å²) >= 11 is 0. The van der Waals surface area contributed by atoms with Gasteiger partial charge in [0, 0.05) is 0 Å². The predicted octanol–water partition coefficient (Wildman–Crippen LogP) is 16.1. The van der Waals surface area contributed by atoms with Crippen molar-refractivity contribution in [1.29, 1.82) is 0 Å². The Morgan fingerprint density at radius 3 is 0.935 bits per heavy atom. The van der Waals surface area contributed by atoms with E-state index in [0.29, 0.717) is 12.8 Å². The molecular formula is C56H111NO5. The Hall–Kier alpha value is -0.950. The molecule has 0 aromatic carbocycles. The number of unbranched alkanes of at least 4 members (excludes halogenated alkanes) is 41. The number of nitrogens with one attached hydrogen (secondary N) is 1. The number of rotatable bonds is 52. The summed E-state index contributed by atoms with van der Waals surface area (Å²) in [5, 5.41) is 44.0. The van der Waals surface area contributed by atoms with E-state index >= 15 is 0 Å². The maximum absolute atomic E-state index is 12.6. The number of carbonyl (C=O) groups is 1. The third kappa shape index (κ3) is 44.3. The molecule has 0 bridgehead atoms. The second kappa shape index (κ2) is 51.0. The third-order valence-corrected chi connectivity index (χ3v) is 13.5. The smallest absolute Gasteiger partial charge is 0.249 e. The van der Waals surface area contributed by atoms with Crippen LogP contribution in [0.3, 0.4) is 0 Å². The van der Waals surface area contributed by atoms with E-state index < -0.39 is 36.9 Å². The molecule has 0 saturated heterocycles. The van der Waals surface area contributed by atoms with Gasteiger partial charge in [0.1, 0.15) is 12.2 Å². The molecule has 0 spiro atoms. The lowest BCUT2D eigenvalue weighted by Gasteiger charge is -2.27. The van der Waals surface area contributed by atoms with Gasteiger partial charge in [-0.2, -0.15) is 0 Å². The van der Waals surface area contributed by atoms with Gasteiger partial charge in [0.05, 0.1) is 18.8 Å². The molecule has 4 atom stereocenters. The van der Waals surface area contributed by atoms with Crippen LogP contribution in [-0.4, -0.2) is 57.3 Å². The fraction of sp³-hybridized carbons (Fsp3) is 0.946. The monoisotopic (exact) mass is 878 g/mol. The highest BCUT2D eigenvalue weighted by molar-refractivity contribution is 5.80. The lowest BCUT2D eigenvalue weighted by atomic mass is 9.99. The van der Waals surface area contributed by atoms with Crippen molar-refractivity contribution in [3.05, 3.63) is 12.2 Å². The van der Waals surface area contributed by atoms with Crippen LogP contribution in [0.1, 0.15) is 309 Å². The average molecular weight is 879 g/mol. The first-order valence-corrected chi connectivity index (χ1v) is 28.1.